The molecule has 0 rings (SSSR count). The Morgan fingerprint density at radius 2 is 1.71 bits per heavy atom. The van der Waals surface area contributed by atoms with E-state index < -0.39 is 22.5 Å². The molecule has 1 N–H and O–H groups in total. The van der Waals surface area contributed by atoms with Gasteiger partial charge in [-0.15, -0.1) is 18.0 Å². The molecule has 0 heterocycles. The first-order valence-electron chi connectivity index (χ1n) is 7.77. The Bertz CT molecular complexity index is 392. The fourth-order valence-corrected chi connectivity index (χ4v) is 3.56. The topological polar surface area (TPSA) is 29.5 Å². The molecule has 0 aromatic carbocycles. The van der Waals surface area contributed by atoms with E-state index in [0.29, 0.717) is 12.8 Å². The summed E-state index contributed by atoms with van der Waals surface area (Å²) in [4.78, 5) is 0. The molecule has 0 spiro atoms. The Labute approximate surface area is 134 Å². The first-order valence-corrected chi connectivity index (χ1v) is 14.2. The van der Waals surface area contributed by atoms with Crippen molar-refractivity contribution in [3.63, 3.8) is 0 Å². The summed E-state index contributed by atoms with van der Waals surface area (Å²) in [5.41, 5.74) is 3.38. The standard InChI is InChI=1S/C17H34O2Si2/c1-10-15(18)14-16(12-11-13-20(5,6)7)19-21(8,9)17(2,3)4/h10,15-16,18H,1,12,14H2,2-9H3/t15-,16+/m0/s1. The van der Waals surface area contributed by atoms with Gasteiger partial charge in [-0.2, -0.15) is 0 Å². The van der Waals surface area contributed by atoms with Gasteiger partial charge in [0.2, 0.25) is 0 Å². The molecular weight excluding hydrogens is 292 g/mol. The Morgan fingerprint density at radius 3 is 2.10 bits per heavy atom. The van der Waals surface area contributed by atoms with E-state index in [0.717, 1.165) is 0 Å². The van der Waals surface area contributed by atoms with Gasteiger partial charge in [0.15, 0.2) is 8.32 Å². The Balaban J connectivity index is 4.98. The van der Waals surface area contributed by atoms with Gasteiger partial charge in [0.05, 0.1) is 12.2 Å². The lowest BCUT2D eigenvalue weighted by molar-refractivity contribution is 0.113. The highest BCUT2D eigenvalue weighted by molar-refractivity contribution is 6.83. The fraction of sp³-hybridized carbons (Fsp3) is 0.765. The van der Waals surface area contributed by atoms with Gasteiger partial charge in [0.1, 0.15) is 8.07 Å². The van der Waals surface area contributed by atoms with Crippen LogP contribution in [0.25, 0.3) is 0 Å². The van der Waals surface area contributed by atoms with E-state index in [2.05, 4.69) is 71.5 Å². The predicted octanol–water partition coefficient (Wildman–Crippen LogP) is 4.58. The van der Waals surface area contributed by atoms with Gasteiger partial charge in [-0.3, -0.25) is 0 Å². The SMILES string of the molecule is C=C[C@H](O)C[C@@H](CC#C[Si](C)(C)C)O[Si](C)(C)C(C)(C)C. The highest BCUT2D eigenvalue weighted by atomic mass is 28.4. The van der Waals surface area contributed by atoms with Crippen LogP contribution >= 0.6 is 0 Å². The van der Waals surface area contributed by atoms with Gasteiger partial charge in [0, 0.05) is 12.8 Å². The van der Waals surface area contributed by atoms with Crippen molar-refractivity contribution in [1.82, 2.24) is 0 Å². The van der Waals surface area contributed by atoms with Crippen molar-refractivity contribution >= 4 is 16.4 Å². The van der Waals surface area contributed by atoms with Crippen molar-refractivity contribution in [2.24, 2.45) is 0 Å². The molecule has 0 saturated heterocycles. The highest BCUT2D eigenvalue weighted by Crippen LogP contribution is 2.38. The molecule has 0 amide bonds. The van der Waals surface area contributed by atoms with Gasteiger partial charge in [0.25, 0.3) is 0 Å². The maximum atomic E-state index is 9.87. The summed E-state index contributed by atoms with van der Waals surface area (Å²) < 4.78 is 6.43. The zero-order chi connectivity index (χ0) is 16.9. The van der Waals surface area contributed by atoms with Gasteiger partial charge in [-0.1, -0.05) is 46.5 Å². The summed E-state index contributed by atoms with van der Waals surface area (Å²) in [5, 5.41) is 10.0. The minimum Gasteiger partial charge on any atom is -0.413 e. The second kappa shape index (κ2) is 7.78. The van der Waals surface area contributed by atoms with Crippen molar-refractivity contribution in [2.75, 3.05) is 0 Å². The van der Waals surface area contributed by atoms with E-state index in [9.17, 15) is 5.11 Å². The van der Waals surface area contributed by atoms with Gasteiger partial charge >= 0.3 is 0 Å². The Kier molecular flexibility index (Phi) is 7.65. The summed E-state index contributed by atoms with van der Waals surface area (Å²) in [7, 11) is -3.20. The molecule has 0 aromatic heterocycles. The average Bonchev–Trinajstić information content (AvgIpc) is 2.24. The van der Waals surface area contributed by atoms with Crippen LogP contribution in [0.5, 0.6) is 0 Å². The van der Waals surface area contributed by atoms with Gasteiger partial charge in [-0.05, 0) is 18.1 Å². The third-order valence-corrected chi connectivity index (χ3v) is 9.30. The Hall–Kier alpha value is -0.346. The highest BCUT2D eigenvalue weighted by Gasteiger charge is 2.39. The summed E-state index contributed by atoms with van der Waals surface area (Å²) in [6.07, 6.45) is 2.32. The molecule has 0 saturated carbocycles. The number of hydrogen-bond acceptors (Lipinski definition) is 2. The van der Waals surface area contributed by atoms with Crippen molar-refractivity contribution in [3.8, 4) is 11.5 Å². The minimum atomic E-state index is -1.85. The summed E-state index contributed by atoms with van der Waals surface area (Å²) in [5.74, 6) is 3.29. The predicted molar refractivity (Wildman–Crippen MR) is 98.6 cm³/mol. The first kappa shape index (κ1) is 20.7. The lowest BCUT2D eigenvalue weighted by atomic mass is 10.1. The summed E-state index contributed by atoms with van der Waals surface area (Å²) in [6.45, 7) is 21.5. The fourth-order valence-electron chi connectivity index (χ4n) is 1.56. The molecule has 0 radical (unpaired) electrons. The molecule has 0 unspecified atom stereocenters. The molecular formula is C17H34O2Si2. The van der Waals surface area contributed by atoms with Crippen molar-refractivity contribution in [2.45, 2.75) is 83.6 Å². The molecule has 0 aliphatic carbocycles. The van der Waals surface area contributed by atoms with Gasteiger partial charge < -0.3 is 9.53 Å². The van der Waals surface area contributed by atoms with Gasteiger partial charge in [-0.25, -0.2) is 0 Å². The van der Waals surface area contributed by atoms with E-state index in [-0.39, 0.29) is 11.1 Å². The van der Waals surface area contributed by atoms with Crippen LogP contribution in [0.1, 0.15) is 33.6 Å². The van der Waals surface area contributed by atoms with E-state index in [1.54, 1.807) is 6.08 Å². The van der Waals surface area contributed by atoms with Crippen LogP contribution in [0.15, 0.2) is 12.7 Å². The monoisotopic (exact) mass is 326 g/mol. The molecule has 0 aliphatic rings. The smallest absolute Gasteiger partial charge is 0.192 e. The molecule has 0 aliphatic heterocycles. The number of aliphatic hydroxyl groups excluding tert-OH is 1. The van der Waals surface area contributed by atoms with Crippen LogP contribution in [-0.2, 0) is 4.43 Å². The molecule has 21 heavy (non-hydrogen) atoms. The minimum absolute atomic E-state index is 0.0114. The molecule has 2 atom stereocenters. The van der Waals surface area contributed by atoms with Crippen LogP contribution in [0.4, 0.5) is 0 Å². The van der Waals surface area contributed by atoms with Crippen molar-refractivity contribution in [3.05, 3.63) is 12.7 Å². The largest absolute Gasteiger partial charge is 0.413 e. The number of hydrogen-bond donors (Lipinski definition) is 1. The summed E-state index contributed by atoms with van der Waals surface area (Å²) >= 11 is 0. The zero-order valence-corrected chi connectivity index (χ0v) is 17.2. The third-order valence-electron chi connectivity index (χ3n) is 3.84. The molecule has 2 nitrogen and oxygen atoms in total. The normalized spacial score (nSPS) is 15.9. The molecule has 0 aromatic rings. The van der Waals surface area contributed by atoms with Crippen LogP contribution in [0, 0.1) is 11.5 Å². The van der Waals surface area contributed by atoms with Crippen molar-refractivity contribution < 1.29 is 9.53 Å². The van der Waals surface area contributed by atoms with Crippen LogP contribution in [0.3, 0.4) is 0 Å². The Morgan fingerprint density at radius 1 is 1.19 bits per heavy atom. The van der Waals surface area contributed by atoms with Crippen molar-refractivity contribution in [1.29, 1.82) is 0 Å². The average molecular weight is 327 g/mol. The van der Waals surface area contributed by atoms with Crippen LogP contribution in [0.2, 0.25) is 37.8 Å². The molecule has 0 fully saturated rings. The van der Waals surface area contributed by atoms with E-state index in [1.165, 1.54) is 0 Å². The van der Waals surface area contributed by atoms with E-state index in [4.69, 9.17) is 4.43 Å². The lowest BCUT2D eigenvalue weighted by Gasteiger charge is -2.39. The van der Waals surface area contributed by atoms with E-state index >= 15 is 0 Å². The second-order valence-corrected chi connectivity index (χ2v) is 17.8. The lowest BCUT2D eigenvalue weighted by Crippen LogP contribution is -2.44. The number of aliphatic hydroxyl groups is 1. The quantitative estimate of drug-likeness (QED) is 0.439. The second-order valence-electron chi connectivity index (χ2n) is 8.29. The van der Waals surface area contributed by atoms with Crippen LogP contribution < -0.4 is 0 Å². The maximum absolute atomic E-state index is 9.87. The molecule has 4 heteroatoms. The molecule has 0 bridgehead atoms. The van der Waals surface area contributed by atoms with E-state index in [1.807, 2.05) is 0 Å². The molecule has 122 valence electrons. The maximum Gasteiger partial charge on any atom is 0.192 e. The first-order chi connectivity index (χ1) is 9.28. The van der Waals surface area contributed by atoms with Crippen LogP contribution in [-0.4, -0.2) is 33.7 Å². The number of rotatable bonds is 6. The summed E-state index contributed by atoms with van der Waals surface area (Å²) in [6, 6.07) is 0. The third kappa shape index (κ3) is 8.62. The zero-order valence-electron chi connectivity index (χ0n) is 15.2.